The van der Waals surface area contributed by atoms with Crippen molar-refractivity contribution in [2.24, 2.45) is 7.05 Å². The minimum Gasteiger partial charge on any atom is -0.337 e. The summed E-state index contributed by atoms with van der Waals surface area (Å²) in [4.78, 5) is 7.00. The summed E-state index contributed by atoms with van der Waals surface area (Å²) in [6, 6.07) is 10.3. The monoisotopic (exact) mass is 374 g/mol. The average molecular weight is 375 g/mol. The van der Waals surface area contributed by atoms with Crippen LogP contribution >= 0.6 is 12.4 Å². The van der Waals surface area contributed by atoms with E-state index < -0.39 is 0 Å². The molecule has 0 radical (unpaired) electrons. The third kappa shape index (κ3) is 3.77. The van der Waals surface area contributed by atoms with Gasteiger partial charge in [-0.15, -0.1) is 17.5 Å². The molecular weight excluding hydrogens is 352 g/mol. The second-order valence-corrected chi connectivity index (χ2v) is 6.24. The lowest BCUT2D eigenvalue weighted by Crippen LogP contribution is -2.47. The Kier molecular flexibility index (Phi) is 5.97. The van der Waals surface area contributed by atoms with Crippen molar-refractivity contribution in [3.05, 3.63) is 54.4 Å². The Morgan fingerprint density at radius 1 is 1.23 bits per heavy atom. The number of imidazole rings is 1. The third-order valence-corrected chi connectivity index (χ3v) is 4.67. The van der Waals surface area contributed by atoms with Gasteiger partial charge in [0.15, 0.2) is 5.82 Å². The fourth-order valence-electron chi connectivity index (χ4n) is 3.34. The van der Waals surface area contributed by atoms with E-state index in [0.717, 1.165) is 49.9 Å². The minimum atomic E-state index is 0. The third-order valence-electron chi connectivity index (χ3n) is 4.67. The van der Waals surface area contributed by atoms with E-state index in [1.165, 1.54) is 0 Å². The molecule has 0 spiro atoms. The van der Waals surface area contributed by atoms with Gasteiger partial charge in [0, 0.05) is 52.0 Å². The van der Waals surface area contributed by atoms with Crippen LogP contribution < -0.4 is 5.32 Å². The maximum atomic E-state index is 4.54. The number of para-hydroxylation sites is 1. The minimum absolute atomic E-state index is 0. The van der Waals surface area contributed by atoms with Crippen LogP contribution in [0.15, 0.2) is 42.7 Å². The SMILES string of the molecule is Cl.Cn1ccnc1C1CNCCN1CCc1nnnn1-c1ccccc1. The van der Waals surface area contributed by atoms with Gasteiger partial charge in [-0.05, 0) is 22.6 Å². The summed E-state index contributed by atoms with van der Waals surface area (Å²) in [5.41, 5.74) is 0.989. The lowest BCUT2D eigenvalue weighted by Gasteiger charge is -2.35. The lowest BCUT2D eigenvalue weighted by atomic mass is 10.1. The zero-order valence-corrected chi connectivity index (χ0v) is 15.5. The highest BCUT2D eigenvalue weighted by Gasteiger charge is 2.26. The predicted molar refractivity (Wildman–Crippen MR) is 100 cm³/mol. The number of hydrogen-bond donors (Lipinski definition) is 1. The smallest absolute Gasteiger partial charge is 0.157 e. The molecule has 1 atom stereocenters. The summed E-state index contributed by atoms with van der Waals surface area (Å²) < 4.78 is 3.91. The molecule has 0 aliphatic carbocycles. The quantitative estimate of drug-likeness (QED) is 0.718. The molecule has 9 heteroatoms. The average Bonchev–Trinajstić information content (AvgIpc) is 3.30. The molecule has 0 saturated carbocycles. The van der Waals surface area contributed by atoms with E-state index in [4.69, 9.17) is 0 Å². The van der Waals surface area contributed by atoms with E-state index in [1.807, 2.05) is 54.5 Å². The van der Waals surface area contributed by atoms with Crippen LogP contribution in [0.1, 0.15) is 17.7 Å². The molecule has 1 N–H and O–H groups in total. The van der Waals surface area contributed by atoms with Crippen molar-refractivity contribution in [2.75, 3.05) is 26.2 Å². The molecule has 1 saturated heterocycles. The van der Waals surface area contributed by atoms with Crippen molar-refractivity contribution in [1.82, 2.24) is 40.0 Å². The highest BCUT2D eigenvalue weighted by Crippen LogP contribution is 2.20. The number of nitrogens with one attached hydrogen (secondary N) is 1. The number of hydrogen-bond acceptors (Lipinski definition) is 6. The van der Waals surface area contributed by atoms with Gasteiger partial charge in [-0.25, -0.2) is 4.98 Å². The van der Waals surface area contributed by atoms with Gasteiger partial charge in [0.05, 0.1) is 11.7 Å². The Balaban J connectivity index is 0.00000196. The van der Waals surface area contributed by atoms with Crippen LogP contribution in [0.3, 0.4) is 0 Å². The van der Waals surface area contributed by atoms with Crippen LogP contribution in [0.5, 0.6) is 0 Å². The molecule has 4 rings (SSSR count). The van der Waals surface area contributed by atoms with Crippen LogP contribution in [0.25, 0.3) is 5.69 Å². The van der Waals surface area contributed by atoms with Gasteiger partial charge in [-0.3, -0.25) is 4.90 Å². The molecule has 0 bridgehead atoms. The summed E-state index contributed by atoms with van der Waals surface area (Å²) in [5.74, 6) is 1.97. The van der Waals surface area contributed by atoms with Gasteiger partial charge >= 0.3 is 0 Å². The molecule has 8 nitrogen and oxygen atoms in total. The topological polar surface area (TPSA) is 76.7 Å². The zero-order valence-electron chi connectivity index (χ0n) is 14.7. The summed E-state index contributed by atoms with van der Waals surface area (Å²) in [7, 11) is 2.05. The number of rotatable bonds is 5. The van der Waals surface area contributed by atoms with E-state index in [9.17, 15) is 0 Å². The molecule has 1 unspecified atom stereocenters. The largest absolute Gasteiger partial charge is 0.337 e. The first kappa shape index (κ1) is 18.5. The van der Waals surface area contributed by atoms with Crippen LogP contribution in [0, 0.1) is 0 Å². The number of aromatic nitrogens is 6. The molecule has 1 aromatic carbocycles. The zero-order chi connectivity index (χ0) is 17.1. The van der Waals surface area contributed by atoms with Crippen molar-refractivity contribution in [3.8, 4) is 5.69 Å². The Bertz CT molecular complexity index is 815. The van der Waals surface area contributed by atoms with E-state index >= 15 is 0 Å². The Morgan fingerprint density at radius 2 is 2.08 bits per heavy atom. The van der Waals surface area contributed by atoms with Crippen molar-refractivity contribution in [3.63, 3.8) is 0 Å². The van der Waals surface area contributed by atoms with Gasteiger partial charge in [-0.1, -0.05) is 18.2 Å². The standard InChI is InChI=1S/C17H22N8.ClH/c1-23-11-9-19-17(23)15-13-18-8-12-24(15)10-7-16-20-21-22-25(16)14-5-3-2-4-6-14;/h2-6,9,11,15,18H,7-8,10,12-13H2,1H3;1H. The number of halogens is 1. The van der Waals surface area contributed by atoms with Crippen LogP contribution in [0.2, 0.25) is 0 Å². The number of aryl methyl sites for hydroxylation is 1. The number of tetrazole rings is 1. The fourth-order valence-corrected chi connectivity index (χ4v) is 3.34. The van der Waals surface area contributed by atoms with E-state index in [0.29, 0.717) is 0 Å². The predicted octanol–water partition coefficient (Wildman–Crippen LogP) is 1.01. The van der Waals surface area contributed by atoms with Crippen molar-refractivity contribution in [2.45, 2.75) is 12.5 Å². The summed E-state index contributed by atoms with van der Waals surface area (Å²) in [5, 5.41) is 15.7. The molecule has 1 aliphatic heterocycles. The van der Waals surface area contributed by atoms with Crippen molar-refractivity contribution in [1.29, 1.82) is 0 Å². The second kappa shape index (κ2) is 8.39. The highest BCUT2D eigenvalue weighted by atomic mass is 35.5. The number of piperazine rings is 1. The van der Waals surface area contributed by atoms with Gasteiger partial charge in [0.25, 0.3) is 0 Å². The highest BCUT2D eigenvalue weighted by molar-refractivity contribution is 5.85. The lowest BCUT2D eigenvalue weighted by molar-refractivity contribution is 0.153. The van der Waals surface area contributed by atoms with Crippen molar-refractivity contribution >= 4 is 12.4 Å². The normalized spacial score (nSPS) is 17.8. The first-order valence-electron chi connectivity index (χ1n) is 8.57. The van der Waals surface area contributed by atoms with E-state index in [2.05, 4.69) is 35.3 Å². The van der Waals surface area contributed by atoms with Crippen LogP contribution in [0.4, 0.5) is 0 Å². The van der Waals surface area contributed by atoms with Gasteiger partial charge < -0.3 is 9.88 Å². The number of benzene rings is 1. The summed E-state index contributed by atoms with van der Waals surface area (Å²) in [6.45, 7) is 3.79. The second-order valence-electron chi connectivity index (χ2n) is 6.24. The molecule has 138 valence electrons. The Labute approximate surface area is 158 Å². The Morgan fingerprint density at radius 3 is 2.85 bits per heavy atom. The molecule has 1 fully saturated rings. The van der Waals surface area contributed by atoms with Gasteiger partial charge in [-0.2, -0.15) is 4.68 Å². The van der Waals surface area contributed by atoms with Crippen LogP contribution in [-0.2, 0) is 13.5 Å². The first-order chi connectivity index (χ1) is 12.3. The number of nitrogens with zero attached hydrogens (tertiary/aromatic N) is 7. The molecular formula is C17H23ClN8. The molecule has 3 aromatic rings. The van der Waals surface area contributed by atoms with Crippen LogP contribution in [-0.4, -0.2) is 60.8 Å². The summed E-state index contributed by atoms with van der Waals surface area (Å²) in [6.07, 6.45) is 4.65. The molecule has 1 aliphatic rings. The molecule has 0 amide bonds. The molecule has 3 heterocycles. The van der Waals surface area contributed by atoms with E-state index in [-0.39, 0.29) is 18.4 Å². The van der Waals surface area contributed by atoms with E-state index in [1.54, 1.807) is 0 Å². The fraction of sp³-hybridized carbons (Fsp3) is 0.412. The Hall–Kier alpha value is -2.29. The summed E-state index contributed by atoms with van der Waals surface area (Å²) >= 11 is 0. The maximum absolute atomic E-state index is 4.54. The van der Waals surface area contributed by atoms with Gasteiger partial charge in [0.1, 0.15) is 5.82 Å². The van der Waals surface area contributed by atoms with Crippen molar-refractivity contribution < 1.29 is 0 Å². The molecule has 26 heavy (non-hydrogen) atoms. The molecule has 2 aromatic heterocycles. The first-order valence-corrected chi connectivity index (χ1v) is 8.57. The van der Waals surface area contributed by atoms with Gasteiger partial charge in [0.2, 0.25) is 0 Å². The maximum Gasteiger partial charge on any atom is 0.157 e.